The maximum atomic E-state index is 13.8. The zero-order chi connectivity index (χ0) is 28.6. The molecular formula is C28H35N5O5. The van der Waals surface area contributed by atoms with Crippen molar-refractivity contribution in [3.63, 3.8) is 0 Å². The summed E-state index contributed by atoms with van der Waals surface area (Å²) in [5.74, 6) is -2.26. The number of aryl methyl sites for hydroxylation is 3. The number of hydrogen-bond donors (Lipinski definition) is 3. The minimum Gasteiger partial charge on any atom is -0.444 e. The zero-order valence-corrected chi connectivity index (χ0v) is 22.6. The fourth-order valence-corrected chi connectivity index (χ4v) is 3.85. The quantitative estimate of drug-likeness (QED) is 0.430. The van der Waals surface area contributed by atoms with Gasteiger partial charge in [-0.05, 0) is 58.2 Å². The topological polar surface area (TPSA) is 155 Å². The minimum atomic E-state index is -1.46. The molecule has 2 aromatic rings. The number of carbonyl (C=O) groups excluding carboxylic acids is 4. The molecule has 2 atom stereocenters. The third-order valence-electron chi connectivity index (χ3n) is 5.60. The van der Waals surface area contributed by atoms with Crippen LogP contribution in [-0.2, 0) is 19.1 Å². The summed E-state index contributed by atoms with van der Waals surface area (Å²) in [7, 11) is 0. The van der Waals surface area contributed by atoms with E-state index in [-0.39, 0.29) is 0 Å². The molecule has 0 radical (unpaired) electrons. The second-order valence-corrected chi connectivity index (χ2v) is 10.1. The van der Waals surface area contributed by atoms with Crippen molar-refractivity contribution in [1.29, 1.82) is 5.26 Å². The van der Waals surface area contributed by atoms with E-state index in [0.717, 1.165) is 21.6 Å². The summed E-state index contributed by atoms with van der Waals surface area (Å²) in [5, 5.41) is 14.9. The van der Waals surface area contributed by atoms with Crippen LogP contribution in [0.2, 0.25) is 0 Å². The maximum Gasteiger partial charge on any atom is 0.408 e. The minimum absolute atomic E-state index is 0.443. The Balaban J connectivity index is 2.55. The molecule has 0 aliphatic rings. The number of carbonyl (C=O) groups is 4. The third-order valence-corrected chi connectivity index (χ3v) is 5.60. The summed E-state index contributed by atoms with van der Waals surface area (Å²) in [5.41, 5.74) is 8.08. The van der Waals surface area contributed by atoms with E-state index in [0.29, 0.717) is 11.3 Å². The van der Waals surface area contributed by atoms with E-state index in [1.807, 2.05) is 45.0 Å². The molecule has 0 spiro atoms. The van der Waals surface area contributed by atoms with Crippen LogP contribution in [0, 0.1) is 32.1 Å². The smallest absolute Gasteiger partial charge is 0.408 e. The summed E-state index contributed by atoms with van der Waals surface area (Å²) in [4.78, 5) is 52.8. The Morgan fingerprint density at radius 3 is 2.11 bits per heavy atom. The van der Waals surface area contributed by atoms with Crippen LogP contribution < -0.4 is 16.4 Å². The van der Waals surface area contributed by atoms with E-state index in [1.54, 1.807) is 45.0 Å². The number of nitrogens with zero attached hydrogens (tertiary/aromatic N) is 2. The van der Waals surface area contributed by atoms with Crippen molar-refractivity contribution in [1.82, 2.24) is 10.2 Å². The van der Waals surface area contributed by atoms with Crippen LogP contribution in [0.25, 0.3) is 0 Å². The highest BCUT2D eigenvalue weighted by molar-refractivity contribution is 6.00. The molecule has 2 rings (SSSR count). The van der Waals surface area contributed by atoms with Crippen molar-refractivity contribution in [3.8, 4) is 6.07 Å². The van der Waals surface area contributed by atoms with E-state index >= 15 is 0 Å². The van der Waals surface area contributed by atoms with Gasteiger partial charge in [-0.3, -0.25) is 14.4 Å². The van der Waals surface area contributed by atoms with Gasteiger partial charge in [-0.15, -0.1) is 0 Å². The lowest BCUT2D eigenvalue weighted by Crippen LogP contribution is -2.53. The molecule has 2 unspecified atom stereocenters. The number of nitrogens with two attached hydrogens (primary N) is 1. The monoisotopic (exact) mass is 521 g/mol. The fraction of sp³-hybridized carbons (Fsp3) is 0.393. The van der Waals surface area contributed by atoms with Crippen molar-refractivity contribution in [2.45, 2.75) is 65.6 Å². The first-order chi connectivity index (χ1) is 17.7. The summed E-state index contributed by atoms with van der Waals surface area (Å²) < 4.78 is 5.23. The molecule has 0 fully saturated rings. The molecule has 2 aromatic carbocycles. The van der Waals surface area contributed by atoms with Crippen LogP contribution in [0.15, 0.2) is 42.5 Å². The van der Waals surface area contributed by atoms with Gasteiger partial charge >= 0.3 is 6.09 Å². The van der Waals surface area contributed by atoms with Gasteiger partial charge in [0.25, 0.3) is 5.91 Å². The van der Waals surface area contributed by atoms with Gasteiger partial charge < -0.3 is 26.0 Å². The highest BCUT2D eigenvalue weighted by atomic mass is 16.6. The Hall–Kier alpha value is -4.39. The maximum absolute atomic E-state index is 13.8. The number of primary amides is 1. The van der Waals surface area contributed by atoms with Crippen LogP contribution in [-0.4, -0.2) is 46.9 Å². The molecule has 0 heterocycles. The van der Waals surface area contributed by atoms with Crippen molar-refractivity contribution < 1.29 is 23.9 Å². The van der Waals surface area contributed by atoms with Gasteiger partial charge in [0.15, 0.2) is 0 Å². The summed E-state index contributed by atoms with van der Waals surface area (Å²) in [6, 6.07) is 11.7. The summed E-state index contributed by atoms with van der Waals surface area (Å²) in [6.07, 6.45) is -1.50. The molecule has 4 amide bonds. The SMILES string of the molecule is Cc1ccc(C(C(=O)Nc2c(C)cccc2C)N(CC#N)C(=O)C(CC(N)=O)NC(=O)OC(C)(C)C)cc1. The predicted octanol–water partition coefficient (Wildman–Crippen LogP) is 3.41. The van der Waals surface area contributed by atoms with Crippen LogP contribution in [0.3, 0.4) is 0 Å². The highest BCUT2D eigenvalue weighted by Gasteiger charge is 2.37. The first kappa shape index (κ1) is 29.8. The molecule has 0 saturated heterocycles. The molecule has 10 heteroatoms. The van der Waals surface area contributed by atoms with Crippen LogP contribution in [0.1, 0.15) is 55.5 Å². The number of ether oxygens (including phenoxy) is 1. The van der Waals surface area contributed by atoms with Gasteiger partial charge in [0.1, 0.15) is 24.2 Å². The molecule has 4 N–H and O–H groups in total. The van der Waals surface area contributed by atoms with Gasteiger partial charge in [-0.25, -0.2) is 4.79 Å². The number of amides is 4. The molecular weight excluding hydrogens is 486 g/mol. The molecule has 0 aliphatic heterocycles. The van der Waals surface area contributed by atoms with Crippen molar-refractivity contribution >= 4 is 29.5 Å². The Bertz CT molecular complexity index is 1210. The Morgan fingerprint density at radius 2 is 1.61 bits per heavy atom. The van der Waals surface area contributed by atoms with E-state index in [2.05, 4.69) is 10.6 Å². The number of anilines is 1. The van der Waals surface area contributed by atoms with Gasteiger partial charge in [-0.1, -0.05) is 48.0 Å². The zero-order valence-electron chi connectivity index (χ0n) is 22.6. The molecule has 0 saturated carbocycles. The average molecular weight is 522 g/mol. The number of rotatable bonds is 9. The number of benzene rings is 2. The lowest BCUT2D eigenvalue weighted by molar-refractivity contribution is -0.141. The number of para-hydroxylation sites is 1. The third kappa shape index (κ3) is 8.34. The second kappa shape index (κ2) is 12.7. The standard InChI is InChI=1S/C28H35N5O5/c1-17-10-12-20(13-11-17)24(25(35)32-23-18(2)8-7-9-19(23)3)33(15-14-29)26(36)21(16-22(30)34)31-27(37)38-28(4,5)6/h7-13,21,24H,15-16H2,1-6H3,(H2,30,34)(H,31,37)(H,32,35). The molecule has 10 nitrogen and oxygen atoms in total. The van der Waals surface area contributed by atoms with E-state index in [9.17, 15) is 24.4 Å². The molecule has 0 bridgehead atoms. The van der Waals surface area contributed by atoms with Crippen molar-refractivity contribution in [3.05, 3.63) is 64.7 Å². The largest absolute Gasteiger partial charge is 0.444 e. The number of hydrogen-bond acceptors (Lipinski definition) is 6. The predicted molar refractivity (Wildman–Crippen MR) is 143 cm³/mol. The van der Waals surface area contributed by atoms with Gasteiger partial charge in [-0.2, -0.15) is 5.26 Å². The second-order valence-electron chi connectivity index (χ2n) is 10.1. The summed E-state index contributed by atoms with van der Waals surface area (Å²) >= 11 is 0. The van der Waals surface area contributed by atoms with Gasteiger partial charge in [0.2, 0.25) is 11.8 Å². The van der Waals surface area contributed by atoms with E-state index < -0.39 is 54.5 Å². The molecule has 0 aliphatic carbocycles. The van der Waals surface area contributed by atoms with Gasteiger partial charge in [0, 0.05) is 5.69 Å². The van der Waals surface area contributed by atoms with Gasteiger partial charge in [0.05, 0.1) is 12.5 Å². The number of alkyl carbamates (subject to hydrolysis) is 1. The first-order valence-electron chi connectivity index (χ1n) is 12.1. The Kier molecular flexibility index (Phi) is 9.99. The van der Waals surface area contributed by atoms with E-state index in [4.69, 9.17) is 10.5 Å². The lowest BCUT2D eigenvalue weighted by Gasteiger charge is -2.33. The van der Waals surface area contributed by atoms with E-state index in [1.165, 1.54) is 0 Å². The summed E-state index contributed by atoms with van der Waals surface area (Å²) in [6.45, 7) is 10.00. The number of nitrogens with one attached hydrogen (secondary N) is 2. The van der Waals surface area contributed by atoms with Crippen molar-refractivity contribution in [2.24, 2.45) is 5.73 Å². The fourth-order valence-electron chi connectivity index (χ4n) is 3.85. The van der Waals surface area contributed by atoms with Crippen LogP contribution in [0.5, 0.6) is 0 Å². The van der Waals surface area contributed by atoms with Crippen molar-refractivity contribution in [2.75, 3.05) is 11.9 Å². The molecule has 202 valence electrons. The first-order valence-corrected chi connectivity index (χ1v) is 12.1. The average Bonchev–Trinajstić information content (AvgIpc) is 2.80. The Labute approximate surface area is 223 Å². The van der Waals surface area contributed by atoms with Crippen LogP contribution in [0.4, 0.5) is 10.5 Å². The Morgan fingerprint density at radius 1 is 1.03 bits per heavy atom. The molecule has 0 aromatic heterocycles. The molecule has 38 heavy (non-hydrogen) atoms. The highest BCUT2D eigenvalue weighted by Crippen LogP contribution is 2.27. The number of nitriles is 1. The van der Waals surface area contributed by atoms with Crippen LogP contribution >= 0.6 is 0 Å². The lowest BCUT2D eigenvalue weighted by atomic mass is 10.00. The normalized spacial score (nSPS) is 12.4.